The minimum atomic E-state index is 0.607. The van der Waals surface area contributed by atoms with Crippen molar-refractivity contribution in [3.63, 3.8) is 0 Å². The molecule has 0 atom stereocenters. The summed E-state index contributed by atoms with van der Waals surface area (Å²) >= 11 is 0. The number of hydrogen-bond acceptors (Lipinski definition) is 4. The molecule has 1 N–H and O–H groups in total. The van der Waals surface area contributed by atoms with E-state index in [1.807, 2.05) is 30.5 Å². The van der Waals surface area contributed by atoms with Gasteiger partial charge in [-0.1, -0.05) is 26.0 Å². The van der Waals surface area contributed by atoms with Crippen molar-refractivity contribution in [1.29, 1.82) is 0 Å². The van der Waals surface area contributed by atoms with Crippen molar-refractivity contribution in [3.8, 4) is 0 Å². The third kappa shape index (κ3) is 4.87. The number of nitrogens with one attached hydrogen (secondary N) is 1. The van der Waals surface area contributed by atoms with Gasteiger partial charge < -0.3 is 10.1 Å². The first-order valence-corrected chi connectivity index (χ1v) is 7.25. The van der Waals surface area contributed by atoms with Crippen LogP contribution in [0.2, 0.25) is 0 Å². The van der Waals surface area contributed by atoms with E-state index in [9.17, 15) is 0 Å². The number of ether oxygens (including phenoxy) is 1. The quantitative estimate of drug-likeness (QED) is 0.751. The van der Waals surface area contributed by atoms with Crippen LogP contribution in [0.3, 0.4) is 0 Å². The molecule has 0 unspecified atom stereocenters. The second-order valence-corrected chi connectivity index (χ2v) is 5.35. The molecule has 0 fully saturated rings. The number of benzene rings is 1. The molecule has 0 amide bonds. The Kier molecular flexibility index (Phi) is 5.89. The summed E-state index contributed by atoms with van der Waals surface area (Å²) in [7, 11) is 0. The maximum atomic E-state index is 5.54. The molecule has 20 heavy (non-hydrogen) atoms. The highest BCUT2D eigenvalue weighted by molar-refractivity contribution is 5.73. The first-order valence-electron chi connectivity index (χ1n) is 7.25. The van der Waals surface area contributed by atoms with Gasteiger partial charge in [0.2, 0.25) is 0 Å². The summed E-state index contributed by atoms with van der Waals surface area (Å²) in [6.45, 7) is 7.67. The second-order valence-electron chi connectivity index (χ2n) is 5.35. The lowest BCUT2D eigenvalue weighted by molar-refractivity contribution is 0.108. The molecule has 108 valence electrons. The van der Waals surface area contributed by atoms with Gasteiger partial charge in [0.05, 0.1) is 22.9 Å². The minimum absolute atomic E-state index is 0.607. The van der Waals surface area contributed by atoms with E-state index < -0.39 is 0 Å². The third-order valence-corrected chi connectivity index (χ3v) is 2.90. The summed E-state index contributed by atoms with van der Waals surface area (Å²) in [5, 5.41) is 3.37. The highest BCUT2D eigenvalue weighted by Crippen LogP contribution is 2.08. The Balaban J connectivity index is 1.68. The highest BCUT2D eigenvalue weighted by atomic mass is 16.5. The van der Waals surface area contributed by atoms with Gasteiger partial charge >= 0.3 is 0 Å². The second kappa shape index (κ2) is 7.92. The van der Waals surface area contributed by atoms with Gasteiger partial charge in [-0.25, -0.2) is 4.98 Å². The summed E-state index contributed by atoms with van der Waals surface area (Å²) in [5.41, 5.74) is 2.87. The van der Waals surface area contributed by atoms with Crippen molar-refractivity contribution in [3.05, 3.63) is 36.2 Å². The monoisotopic (exact) mass is 273 g/mol. The molecule has 0 saturated carbocycles. The third-order valence-electron chi connectivity index (χ3n) is 2.90. The van der Waals surface area contributed by atoms with Crippen molar-refractivity contribution in [2.45, 2.75) is 26.8 Å². The molecule has 1 aromatic heterocycles. The normalized spacial score (nSPS) is 11.3. The molecule has 0 saturated heterocycles. The Morgan fingerprint density at radius 1 is 1.20 bits per heavy atom. The summed E-state index contributed by atoms with van der Waals surface area (Å²) in [5.74, 6) is 0.607. The van der Waals surface area contributed by atoms with E-state index in [1.165, 1.54) is 0 Å². The van der Waals surface area contributed by atoms with Crippen molar-refractivity contribution in [1.82, 2.24) is 15.3 Å². The van der Waals surface area contributed by atoms with Crippen molar-refractivity contribution in [2.24, 2.45) is 5.92 Å². The molecule has 0 spiro atoms. The van der Waals surface area contributed by atoms with Crippen LogP contribution in [0.4, 0.5) is 0 Å². The van der Waals surface area contributed by atoms with E-state index in [1.54, 1.807) is 0 Å². The van der Waals surface area contributed by atoms with Gasteiger partial charge in [-0.3, -0.25) is 4.98 Å². The Hall–Kier alpha value is -1.52. The Morgan fingerprint density at radius 3 is 2.80 bits per heavy atom. The van der Waals surface area contributed by atoms with Crippen LogP contribution in [0.1, 0.15) is 26.0 Å². The van der Waals surface area contributed by atoms with E-state index in [-0.39, 0.29) is 0 Å². The number of hydrogen-bond donors (Lipinski definition) is 1. The van der Waals surface area contributed by atoms with Crippen LogP contribution in [0, 0.1) is 5.92 Å². The predicted octanol–water partition coefficient (Wildman–Crippen LogP) is 2.78. The van der Waals surface area contributed by atoms with Crippen molar-refractivity contribution >= 4 is 11.0 Å². The number of nitrogens with zero attached hydrogens (tertiary/aromatic N) is 2. The molecule has 0 bridgehead atoms. The number of rotatable bonds is 8. The van der Waals surface area contributed by atoms with Crippen molar-refractivity contribution < 1.29 is 4.74 Å². The fourth-order valence-corrected chi connectivity index (χ4v) is 1.92. The van der Waals surface area contributed by atoms with E-state index >= 15 is 0 Å². The maximum Gasteiger partial charge on any atom is 0.0890 e. The SMILES string of the molecule is CC(C)COCCCNCc1cnc2ccccc2n1. The van der Waals surface area contributed by atoms with E-state index in [4.69, 9.17) is 4.74 Å². The molecule has 2 aromatic rings. The predicted molar refractivity (Wildman–Crippen MR) is 81.5 cm³/mol. The summed E-state index contributed by atoms with van der Waals surface area (Å²) in [6, 6.07) is 7.93. The molecule has 1 heterocycles. The largest absolute Gasteiger partial charge is 0.381 e. The Morgan fingerprint density at radius 2 is 2.00 bits per heavy atom. The topological polar surface area (TPSA) is 47.0 Å². The van der Waals surface area contributed by atoms with Gasteiger partial charge in [0.15, 0.2) is 0 Å². The standard InChI is InChI=1S/C16H23N3O/c1-13(2)12-20-9-5-8-17-10-14-11-18-15-6-3-4-7-16(15)19-14/h3-4,6-7,11,13,17H,5,8-10,12H2,1-2H3. The Labute approximate surface area is 120 Å². The fourth-order valence-electron chi connectivity index (χ4n) is 1.92. The van der Waals surface area contributed by atoms with Gasteiger partial charge in [-0.15, -0.1) is 0 Å². The van der Waals surface area contributed by atoms with Crippen LogP contribution >= 0.6 is 0 Å². The van der Waals surface area contributed by atoms with Gasteiger partial charge in [-0.05, 0) is 31.0 Å². The Bertz CT molecular complexity index is 528. The van der Waals surface area contributed by atoms with Gasteiger partial charge in [-0.2, -0.15) is 0 Å². The molecule has 0 aliphatic carbocycles. The van der Waals surface area contributed by atoms with Crippen molar-refractivity contribution in [2.75, 3.05) is 19.8 Å². The lowest BCUT2D eigenvalue weighted by atomic mass is 10.2. The molecular weight excluding hydrogens is 250 g/mol. The zero-order valence-corrected chi connectivity index (χ0v) is 12.3. The number of fused-ring (bicyclic) bond motifs is 1. The molecular formula is C16H23N3O. The summed E-state index contributed by atoms with van der Waals surface area (Å²) < 4.78 is 5.54. The van der Waals surface area contributed by atoms with Crippen LogP contribution in [-0.2, 0) is 11.3 Å². The van der Waals surface area contributed by atoms with Crippen LogP contribution in [0.5, 0.6) is 0 Å². The zero-order chi connectivity index (χ0) is 14.2. The fraction of sp³-hybridized carbons (Fsp3) is 0.500. The van der Waals surface area contributed by atoms with E-state index in [2.05, 4.69) is 29.1 Å². The molecule has 4 nitrogen and oxygen atoms in total. The number of para-hydroxylation sites is 2. The molecule has 0 aliphatic rings. The maximum absolute atomic E-state index is 5.54. The lowest BCUT2D eigenvalue weighted by Crippen LogP contribution is -2.17. The first kappa shape index (κ1) is 14.9. The van der Waals surface area contributed by atoms with Gasteiger partial charge in [0.1, 0.15) is 0 Å². The highest BCUT2D eigenvalue weighted by Gasteiger charge is 1.99. The van der Waals surface area contributed by atoms with Crippen LogP contribution < -0.4 is 5.32 Å². The molecule has 4 heteroatoms. The summed E-state index contributed by atoms with van der Waals surface area (Å²) in [4.78, 5) is 8.98. The molecule has 1 aromatic carbocycles. The average molecular weight is 273 g/mol. The van der Waals surface area contributed by atoms with Gasteiger partial charge in [0, 0.05) is 19.8 Å². The zero-order valence-electron chi connectivity index (χ0n) is 12.3. The minimum Gasteiger partial charge on any atom is -0.381 e. The molecule has 0 aliphatic heterocycles. The summed E-state index contributed by atoms with van der Waals surface area (Å²) in [6.07, 6.45) is 2.86. The lowest BCUT2D eigenvalue weighted by Gasteiger charge is -2.07. The van der Waals surface area contributed by atoms with Crippen LogP contribution in [-0.4, -0.2) is 29.7 Å². The molecule has 0 radical (unpaired) electrons. The van der Waals surface area contributed by atoms with E-state index in [0.717, 1.165) is 49.5 Å². The number of aromatic nitrogens is 2. The van der Waals surface area contributed by atoms with E-state index in [0.29, 0.717) is 5.92 Å². The van der Waals surface area contributed by atoms with Gasteiger partial charge in [0.25, 0.3) is 0 Å². The average Bonchev–Trinajstić information content (AvgIpc) is 2.46. The van der Waals surface area contributed by atoms with Crippen LogP contribution in [0.15, 0.2) is 30.5 Å². The van der Waals surface area contributed by atoms with Crippen LogP contribution in [0.25, 0.3) is 11.0 Å². The smallest absolute Gasteiger partial charge is 0.0890 e. The first-order chi connectivity index (χ1) is 9.75. The molecule has 2 rings (SSSR count).